The van der Waals surface area contributed by atoms with Crippen molar-refractivity contribution in [2.24, 2.45) is 0 Å². The number of hydrogen-bond donors (Lipinski definition) is 1. The third-order valence-corrected chi connectivity index (χ3v) is 4.78. The molecule has 2 amide bonds. The van der Waals surface area contributed by atoms with E-state index in [1.807, 2.05) is 28.4 Å². The summed E-state index contributed by atoms with van der Waals surface area (Å²) in [6, 6.07) is 0.375. The molecule has 0 aliphatic carbocycles. The van der Waals surface area contributed by atoms with Gasteiger partial charge in [0.05, 0.1) is 0 Å². The summed E-state index contributed by atoms with van der Waals surface area (Å²) in [6.07, 6.45) is 3.14. The van der Waals surface area contributed by atoms with Crippen molar-refractivity contribution in [2.75, 3.05) is 30.9 Å². The van der Waals surface area contributed by atoms with Crippen LogP contribution in [0.1, 0.15) is 27.2 Å². The van der Waals surface area contributed by atoms with E-state index in [0.29, 0.717) is 0 Å². The van der Waals surface area contributed by atoms with Crippen LogP contribution in [0.25, 0.3) is 0 Å². The minimum absolute atomic E-state index is 0.104. The summed E-state index contributed by atoms with van der Waals surface area (Å²) in [5.41, 5.74) is 0. The first-order chi connectivity index (χ1) is 7.94. The number of carbonyl (C=O) groups excluding carboxylic acids is 1. The third-order valence-electron chi connectivity index (χ3n) is 2.84. The lowest BCUT2D eigenvalue weighted by Crippen LogP contribution is -2.51. The number of urea groups is 1. The minimum Gasteiger partial charge on any atom is -0.336 e. The first-order valence-corrected chi connectivity index (χ1v) is 8.51. The van der Waals surface area contributed by atoms with Gasteiger partial charge in [-0.2, -0.15) is 23.5 Å². The van der Waals surface area contributed by atoms with Crippen LogP contribution in [0.5, 0.6) is 0 Å². The molecule has 17 heavy (non-hydrogen) atoms. The van der Waals surface area contributed by atoms with Crippen LogP contribution in [0.2, 0.25) is 0 Å². The highest BCUT2D eigenvalue weighted by molar-refractivity contribution is 8.00. The Morgan fingerprint density at radius 2 is 2.29 bits per heavy atom. The highest BCUT2D eigenvalue weighted by Crippen LogP contribution is 2.29. The molecular formula is C12H24N2OS2. The van der Waals surface area contributed by atoms with Crippen LogP contribution in [0.3, 0.4) is 0 Å². The molecule has 1 aliphatic rings. The number of nitrogens with zero attached hydrogens (tertiary/aromatic N) is 1. The van der Waals surface area contributed by atoms with Gasteiger partial charge in [-0.15, -0.1) is 0 Å². The molecule has 1 atom stereocenters. The molecule has 0 spiro atoms. The quantitative estimate of drug-likeness (QED) is 0.857. The Morgan fingerprint density at radius 3 is 2.88 bits per heavy atom. The maximum Gasteiger partial charge on any atom is 0.317 e. The van der Waals surface area contributed by atoms with Gasteiger partial charge in [-0.1, -0.05) is 0 Å². The SMILES string of the molecule is CSCC[C@@H](C)NC(=O)N1CCSC(C)(C)C1. The molecule has 0 saturated carbocycles. The van der Waals surface area contributed by atoms with Crippen LogP contribution < -0.4 is 5.32 Å². The topological polar surface area (TPSA) is 32.3 Å². The van der Waals surface area contributed by atoms with E-state index in [2.05, 4.69) is 32.3 Å². The molecule has 0 radical (unpaired) electrons. The van der Waals surface area contributed by atoms with Gasteiger partial charge in [-0.25, -0.2) is 4.79 Å². The van der Waals surface area contributed by atoms with Crippen molar-refractivity contribution in [2.45, 2.75) is 38.0 Å². The number of nitrogens with one attached hydrogen (secondary N) is 1. The Bertz CT molecular complexity index is 259. The van der Waals surface area contributed by atoms with Crippen LogP contribution in [-0.4, -0.2) is 52.6 Å². The van der Waals surface area contributed by atoms with Gasteiger partial charge in [0.2, 0.25) is 0 Å². The molecule has 1 rings (SSSR count). The molecule has 0 bridgehead atoms. The molecule has 0 aromatic heterocycles. The predicted octanol–water partition coefficient (Wildman–Crippen LogP) is 2.67. The molecule has 1 N–H and O–H groups in total. The van der Waals surface area contributed by atoms with E-state index in [4.69, 9.17) is 0 Å². The molecule has 100 valence electrons. The molecule has 1 aliphatic heterocycles. The normalized spacial score (nSPS) is 21.1. The zero-order valence-corrected chi connectivity index (χ0v) is 12.9. The van der Waals surface area contributed by atoms with E-state index in [1.54, 1.807) is 0 Å². The summed E-state index contributed by atoms with van der Waals surface area (Å²) in [6.45, 7) is 8.20. The Kier molecular flexibility index (Phi) is 6.00. The first-order valence-electron chi connectivity index (χ1n) is 6.13. The van der Waals surface area contributed by atoms with Crippen molar-refractivity contribution in [3.63, 3.8) is 0 Å². The van der Waals surface area contributed by atoms with Crippen LogP contribution >= 0.6 is 23.5 Å². The van der Waals surface area contributed by atoms with Crippen molar-refractivity contribution in [1.29, 1.82) is 0 Å². The van der Waals surface area contributed by atoms with Gasteiger partial charge in [0.25, 0.3) is 0 Å². The Balaban J connectivity index is 2.36. The van der Waals surface area contributed by atoms with E-state index in [-0.39, 0.29) is 16.8 Å². The van der Waals surface area contributed by atoms with Crippen LogP contribution in [0.15, 0.2) is 0 Å². The van der Waals surface area contributed by atoms with Crippen molar-refractivity contribution >= 4 is 29.6 Å². The summed E-state index contributed by atoms with van der Waals surface area (Å²) in [5, 5.41) is 3.09. The molecule has 0 unspecified atom stereocenters. The van der Waals surface area contributed by atoms with E-state index >= 15 is 0 Å². The van der Waals surface area contributed by atoms with Gasteiger partial charge in [0, 0.05) is 29.6 Å². The highest BCUT2D eigenvalue weighted by Gasteiger charge is 2.29. The Hall–Kier alpha value is -0.0300. The predicted molar refractivity (Wildman–Crippen MR) is 79.1 cm³/mol. The molecule has 0 aromatic rings. The largest absolute Gasteiger partial charge is 0.336 e. The van der Waals surface area contributed by atoms with Crippen LogP contribution in [0, 0.1) is 0 Å². The monoisotopic (exact) mass is 276 g/mol. The Labute approximate surface area is 113 Å². The summed E-state index contributed by atoms with van der Waals surface area (Å²) >= 11 is 3.77. The summed E-state index contributed by atoms with van der Waals surface area (Å²) in [4.78, 5) is 14.0. The average molecular weight is 276 g/mol. The number of thioether (sulfide) groups is 2. The van der Waals surface area contributed by atoms with Gasteiger partial charge >= 0.3 is 6.03 Å². The van der Waals surface area contributed by atoms with E-state index < -0.39 is 0 Å². The van der Waals surface area contributed by atoms with E-state index in [0.717, 1.165) is 31.0 Å². The molecule has 1 heterocycles. The second-order valence-electron chi connectivity index (χ2n) is 5.16. The number of rotatable bonds is 4. The van der Waals surface area contributed by atoms with Gasteiger partial charge in [0.1, 0.15) is 0 Å². The lowest BCUT2D eigenvalue weighted by Gasteiger charge is -2.37. The summed E-state index contributed by atoms with van der Waals surface area (Å²) in [5.74, 6) is 2.14. The van der Waals surface area contributed by atoms with E-state index in [9.17, 15) is 4.79 Å². The van der Waals surface area contributed by atoms with E-state index in [1.165, 1.54) is 0 Å². The first kappa shape index (κ1) is 15.0. The maximum absolute atomic E-state index is 12.1. The fourth-order valence-electron chi connectivity index (χ4n) is 1.86. The second-order valence-corrected chi connectivity index (χ2v) is 7.95. The lowest BCUT2D eigenvalue weighted by atomic mass is 10.2. The van der Waals surface area contributed by atoms with Crippen molar-refractivity contribution < 1.29 is 4.79 Å². The second kappa shape index (κ2) is 6.78. The lowest BCUT2D eigenvalue weighted by molar-refractivity contribution is 0.191. The molecule has 0 aromatic carbocycles. The van der Waals surface area contributed by atoms with Crippen molar-refractivity contribution in [3.05, 3.63) is 0 Å². The summed E-state index contributed by atoms with van der Waals surface area (Å²) < 4.78 is 0.193. The number of hydrogen-bond acceptors (Lipinski definition) is 3. The van der Waals surface area contributed by atoms with Crippen molar-refractivity contribution in [3.8, 4) is 0 Å². The Morgan fingerprint density at radius 1 is 1.59 bits per heavy atom. The van der Waals surface area contributed by atoms with Gasteiger partial charge in [-0.3, -0.25) is 0 Å². The highest BCUT2D eigenvalue weighted by atomic mass is 32.2. The zero-order chi connectivity index (χ0) is 12.9. The molecular weight excluding hydrogens is 252 g/mol. The van der Waals surface area contributed by atoms with Gasteiger partial charge in [0.15, 0.2) is 0 Å². The average Bonchev–Trinajstić information content (AvgIpc) is 2.25. The minimum atomic E-state index is 0.104. The zero-order valence-electron chi connectivity index (χ0n) is 11.3. The van der Waals surface area contributed by atoms with Gasteiger partial charge < -0.3 is 10.2 Å². The number of amides is 2. The fourth-order valence-corrected chi connectivity index (χ4v) is 3.56. The fraction of sp³-hybridized carbons (Fsp3) is 0.917. The molecule has 3 nitrogen and oxygen atoms in total. The molecule has 5 heteroatoms. The van der Waals surface area contributed by atoms with Gasteiger partial charge in [-0.05, 0) is 39.2 Å². The van der Waals surface area contributed by atoms with Crippen LogP contribution in [0.4, 0.5) is 4.79 Å². The van der Waals surface area contributed by atoms with Crippen molar-refractivity contribution in [1.82, 2.24) is 10.2 Å². The maximum atomic E-state index is 12.1. The van der Waals surface area contributed by atoms with Crippen LogP contribution in [-0.2, 0) is 0 Å². The molecule has 1 saturated heterocycles. The number of carbonyl (C=O) groups is 1. The third kappa shape index (κ3) is 5.42. The smallest absolute Gasteiger partial charge is 0.317 e. The standard InChI is InChI=1S/C12H24N2OS2/c1-10(5-7-16-4)13-11(15)14-6-8-17-12(2,3)9-14/h10H,5-9H2,1-4H3,(H,13,15)/t10-/m1/s1. The summed E-state index contributed by atoms with van der Waals surface area (Å²) in [7, 11) is 0. The molecule has 1 fully saturated rings.